The molecule has 0 radical (unpaired) electrons. The lowest BCUT2D eigenvalue weighted by Gasteiger charge is -2.39. The molecule has 2 aliphatic rings. The number of carbonyl (C=O) groups is 1. The van der Waals surface area contributed by atoms with E-state index in [0.29, 0.717) is 0 Å². The summed E-state index contributed by atoms with van der Waals surface area (Å²) in [5, 5.41) is 9.17. The number of rotatable bonds is 6. The van der Waals surface area contributed by atoms with Crippen molar-refractivity contribution in [1.82, 2.24) is 9.80 Å². The van der Waals surface area contributed by atoms with Crippen LogP contribution >= 0.6 is 0 Å². The SMILES string of the molecule is CCN(CC)C1(CC(=O)O)CCN(C2CC2)C1. The molecule has 1 aliphatic heterocycles. The zero-order valence-electron chi connectivity index (χ0n) is 11.0. The van der Waals surface area contributed by atoms with Crippen molar-refractivity contribution in [3.63, 3.8) is 0 Å². The van der Waals surface area contributed by atoms with Gasteiger partial charge in [-0.3, -0.25) is 14.6 Å². The lowest BCUT2D eigenvalue weighted by molar-refractivity contribution is -0.140. The minimum Gasteiger partial charge on any atom is -0.481 e. The van der Waals surface area contributed by atoms with Gasteiger partial charge in [-0.05, 0) is 32.4 Å². The zero-order valence-corrected chi connectivity index (χ0v) is 11.0. The largest absolute Gasteiger partial charge is 0.481 e. The minimum absolute atomic E-state index is 0.113. The molecule has 1 saturated heterocycles. The fourth-order valence-electron chi connectivity index (χ4n) is 3.33. The van der Waals surface area contributed by atoms with E-state index >= 15 is 0 Å². The second-order valence-corrected chi connectivity index (χ2v) is 5.42. The molecule has 0 amide bonds. The zero-order chi connectivity index (χ0) is 12.5. The molecule has 2 fully saturated rings. The summed E-state index contributed by atoms with van der Waals surface area (Å²) in [7, 11) is 0. The normalized spacial score (nSPS) is 30.1. The quantitative estimate of drug-likeness (QED) is 0.762. The molecule has 0 bridgehead atoms. The topological polar surface area (TPSA) is 43.8 Å². The highest BCUT2D eigenvalue weighted by molar-refractivity contribution is 5.68. The molecule has 1 heterocycles. The second kappa shape index (κ2) is 4.94. The summed E-state index contributed by atoms with van der Waals surface area (Å²) < 4.78 is 0. The van der Waals surface area contributed by atoms with E-state index in [1.165, 1.54) is 12.8 Å². The lowest BCUT2D eigenvalue weighted by atomic mass is 9.91. The molecule has 1 atom stereocenters. The standard InChI is InChI=1S/C13H24N2O2/c1-3-15(4-2)13(9-12(16)17)7-8-14(10-13)11-5-6-11/h11H,3-10H2,1-2H3,(H,16,17). The van der Waals surface area contributed by atoms with Gasteiger partial charge < -0.3 is 5.11 Å². The number of hydrogen-bond acceptors (Lipinski definition) is 3. The second-order valence-electron chi connectivity index (χ2n) is 5.42. The molecule has 0 aromatic rings. The predicted molar refractivity (Wildman–Crippen MR) is 67.1 cm³/mol. The summed E-state index contributed by atoms with van der Waals surface area (Å²) in [6.07, 6.45) is 3.91. The molecule has 0 aromatic carbocycles. The highest BCUT2D eigenvalue weighted by Crippen LogP contribution is 2.37. The van der Waals surface area contributed by atoms with Gasteiger partial charge in [-0.25, -0.2) is 0 Å². The third-order valence-electron chi connectivity index (χ3n) is 4.34. The Morgan fingerprint density at radius 2 is 2.06 bits per heavy atom. The van der Waals surface area contributed by atoms with Crippen LogP contribution in [-0.4, -0.2) is 58.6 Å². The first kappa shape index (κ1) is 12.8. The summed E-state index contributed by atoms with van der Waals surface area (Å²) >= 11 is 0. The molecule has 1 unspecified atom stereocenters. The van der Waals surface area contributed by atoms with E-state index in [1.807, 2.05) is 0 Å². The summed E-state index contributed by atoms with van der Waals surface area (Å²) in [5.74, 6) is -0.658. The van der Waals surface area contributed by atoms with Crippen molar-refractivity contribution in [2.24, 2.45) is 0 Å². The molecule has 1 saturated carbocycles. The molecule has 4 nitrogen and oxygen atoms in total. The predicted octanol–water partition coefficient (Wildman–Crippen LogP) is 1.41. The van der Waals surface area contributed by atoms with E-state index in [0.717, 1.165) is 38.6 Å². The fourth-order valence-corrected chi connectivity index (χ4v) is 3.33. The first-order chi connectivity index (χ1) is 8.11. The van der Waals surface area contributed by atoms with Gasteiger partial charge in [-0.15, -0.1) is 0 Å². The maximum Gasteiger partial charge on any atom is 0.305 e. The number of likely N-dealkylation sites (N-methyl/N-ethyl adjacent to an activating group) is 1. The highest BCUT2D eigenvalue weighted by Gasteiger charge is 2.46. The Labute approximate surface area is 104 Å². The van der Waals surface area contributed by atoms with Crippen LogP contribution in [0.5, 0.6) is 0 Å². The van der Waals surface area contributed by atoms with E-state index in [2.05, 4.69) is 23.6 Å². The smallest absolute Gasteiger partial charge is 0.305 e. The molecule has 1 N–H and O–H groups in total. The van der Waals surface area contributed by atoms with Gasteiger partial charge in [-0.1, -0.05) is 13.8 Å². The van der Waals surface area contributed by atoms with Crippen molar-refractivity contribution in [2.75, 3.05) is 26.2 Å². The van der Waals surface area contributed by atoms with Crippen LogP contribution in [-0.2, 0) is 4.79 Å². The maximum atomic E-state index is 11.1. The van der Waals surface area contributed by atoms with Gasteiger partial charge in [0.05, 0.1) is 6.42 Å². The van der Waals surface area contributed by atoms with Crippen LogP contribution in [0.2, 0.25) is 0 Å². The fraction of sp³-hybridized carbons (Fsp3) is 0.923. The van der Waals surface area contributed by atoms with E-state index < -0.39 is 5.97 Å². The first-order valence-electron chi connectivity index (χ1n) is 6.82. The van der Waals surface area contributed by atoms with Gasteiger partial charge in [-0.2, -0.15) is 0 Å². The molecule has 0 spiro atoms. The first-order valence-corrected chi connectivity index (χ1v) is 6.82. The summed E-state index contributed by atoms with van der Waals surface area (Å²) in [6.45, 7) is 8.18. The Bertz CT molecular complexity index is 287. The molecule has 1 aliphatic carbocycles. The molecular weight excluding hydrogens is 216 g/mol. The average molecular weight is 240 g/mol. The number of carboxylic acids is 1. The van der Waals surface area contributed by atoms with Crippen LogP contribution in [0.15, 0.2) is 0 Å². The lowest BCUT2D eigenvalue weighted by Crippen LogP contribution is -2.52. The number of carboxylic acid groups (broad SMARTS) is 1. The van der Waals surface area contributed by atoms with Crippen molar-refractivity contribution >= 4 is 5.97 Å². The van der Waals surface area contributed by atoms with Crippen LogP contribution in [0.3, 0.4) is 0 Å². The van der Waals surface area contributed by atoms with E-state index in [9.17, 15) is 9.90 Å². The van der Waals surface area contributed by atoms with Gasteiger partial charge in [0.2, 0.25) is 0 Å². The van der Waals surface area contributed by atoms with Crippen molar-refractivity contribution in [1.29, 1.82) is 0 Å². The van der Waals surface area contributed by atoms with Crippen LogP contribution in [0, 0.1) is 0 Å². The molecule has 4 heteroatoms. The van der Waals surface area contributed by atoms with Gasteiger partial charge in [0.1, 0.15) is 0 Å². The van der Waals surface area contributed by atoms with Crippen LogP contribution < -0.4 is 0 Å². The summed E-state index contributed by atoms with van der Waals surface area (Å²) in [6, 6.07) is 0.751. The van der Waals surface area contributed by atoms with Crippen LogP contribution in [0.1, 0.15) is 39.5 Å². The monoisotopic (exact) mass is 240 g/mol. The Balaban J connectivity index is 2.09. The number of nitrogens with zero attached hydrogens (tertiary/aromatic N) is 2. The molecular formula is C13H24N2O2. The third kappa shape index (κ3) is 2.63. The van der Waals surface area contributed by atoms with Gasteiger partial charge in [0, 0.05) is 24.7 Å². The number of hydrogen-bond donors (Lipinski definition) is 1. The number of aliphatic carboxylic acids is 1. The maximum absolute atomic E-state index is 11.1. The Kier molecular flexibility index (Phi) is 3.73. The van der Waals surface area contributed by atoms with Gasteiger partial charge >= 0.3 is 5.97 Å². The van der Waals surface area contributed by atoms with E-state index in [4.69, 9.17) is 0 Å². The van der Waals surface area contributed by atoms with Crippen molar-refractivity contribution < 1.29 is 9.90 Å². The van der Waals surface area contributed by atoms with Crippen LogP contribution in [0.25, 0.3) is 0 Å². The van der Waals surface area contributed by atoms with E-state index in [1.54, 1.807) is 0 Å². The molecule has 98 valence electrons. The van der Waals surface area contributed by atoms with Gasteiger partial charge in [0.25, 0.3) is 0 Å². The number of likely N-dealkylation sites (tertiary alicyclic amines) is 1. The molecule has 0 aromatic heterocycles. The third-order valence-corrected chi connectivity index (χ3v) is 4.34. The van der Waals surface area contributed by atoms with Crippen LogP contribution in [0.4, 0.5) is 0 Å². The van der Waals surface area contributed by atoms with Crippen molar-refractivity contribution in [3.8, 4) is 0 Å². The molecule has 2 rings (SSSR count). The average Bonchev–Trinajstić information content (AvgIpc) is 3.03. The Morgan fingerprint density at radius 1 is 1.41 bits per heavy atom. The summed E-state index contributed by atoms with van der Waals surface area (Å²) in [4.78, 5) is 16.0. The van der Waals surface area contributed by atoms with Crippen molar-refractivity contribution in [2.45, 2.75) is 51.1 Å². The Morgan fingerprint density at radius 3 is 2.53 bits per heavy atom. The molecule has 17 heavy (non-hydrogen) atoms. The minimum atomic E-state index is -0.658. The summed E-state index contributed by atoms with van der Waals surface area (Å²) in [5.41, 5.74) is -0.113. The Hall–Kier alpha value is -0.610. The van der Waals surface area contributed by atoms with E-state index in [-0.39, 0.29) is 12.0 Å². The highest BCUT2D eigenvalue weighted by atomic mass is 16.4. The van der Waals surface area contributed by atoms with Crippen molar-refractivity contribution in [3.05, 3.63) is 0 Å². The van der Waals surface area contributed by atoms with Gasteiger partial charge in [0.15, 0.2) is 0 Å².